The van der Waals surface area contributed by atoms with Gasteiger partial charge in [0.25, 0.3) is 5.91 Å². The lowest BCUT2D eigenvalue weighted by Gasteiger charge is -2.23. The van der Waals surface area contributed by atoms with Crippen LogP contribution < -0.4 is 10.6 Å². The highest BCUT2D eigenvalue weighted by Gasteiger charge is 2.17. The molecule has 0 atom stereocenters. The van der Waals surface area contributed by atoms with Crippen LogP contribution in [0, 0.1) is 0 Å². The molecule has 1 aliphatic heterocycles. The smallest absolute Gasteiger partial charge is 0.254 e. The minimum absolute atomic E-state index is 0.0507. The molecule has 1 fully saturated rings. The van der Waals surface area contributed by atoms with E-state index in [1.807, 2.05) is 24.3 Å². The maximum absolute atomic E-state index is 12.2. The number of benzene rings is 1. The van der Waals surface area contributed by atoms with E-state index in [-0.39, 0.29) is 11.9 Å². The van der Waals surface area contributed by atoms with Crippen molar-refractivity contribution in [3.8, 4) is 5.69 Å². The SMILES string of the molecule is O=C(NC1CCNCC1)c1cnn(-c2ccc(Br)cc2)c1. The summed E-state index contributed by atoms with van der Waals surface area (Å²) in [5.74, 6) is -0.0507. The summed E-state index contributed by atoms with van der Waals surface area (Å²) in [6.07, 6.45) is 5.33. The number of amides is 1. The van der Waals surface area contributed by atoms with Gasteiger partial charge in [0, 0.05) is 16.7 Å². The molecule has 6 heteroatoms. The van der Waals surface area contributed by atoms with E-state index in [0.29, 0.717) is 5.56 Å². The molecule has 2 heterocycles. The zero-order valence-corrected chi connectivity index (χ0v) is 13.1. The zero-order valence-electron chi connectivity index (χ0n) is 11.6. The molecule has 21 heavy (non-hydrogen) atoms. The van der Waals surface area contributed by atoms with Crippen molar-refractivity contribution in [1.82, 2.24) is 20.4 Å². The third kappa shape index (κ3) is 3.51. The lowest BCUT2D eigenvalue weighted by molar-refractivity contribution is 0.0929. The van der Waals surface area contributed by atoms with Crippen molar-refractivity contribution in [2.45, 2.75) is 18.9 Å². The van der Waals surface area contributed by atoms with Gasteiger partial charge in [-0.3, -0.25) is 4.79 Å². The van der Waals surface area contributed by atoms with Gasteiger partial charge in [-0.2, -0.15) is 5.10 Å². The Kier molecular flexibility index (Phi) is 4.36. The van der Waals surface area contributed by atoms with Gasteiger partial charge in [0.2, 0.25) is 0 Å². The van der Waals surface area contributed by atoms with Crippen LogP contribution in [0.3, 0.4) is 0 Å². The van der Waals surface area contributed by atoms with Gasteiger partial charge in [-0.05, 0) is 50.2 Å². The Labute approximate surface area is 131 Å². The summed E-state index contributed by atoms with van der Waals surface area (Å²) in [5, 5.41) is 10.6. The van der Waals surface area contributed by atoms with Crippen molar-refractivity contribution in [2.75, 3.05) is 13.1 Å². The van der Waals surface area contributed by atoms with Crippen molar-refractivity contribution < 1.29 is 4.79 Å². The molecular weight excluding hydrogens is 332 g/mol. The average Bonchev–Trinajstić information content (AvgIpc) is 2.99. The van der Waals surface area contributed by atoms with Gasteiger partial charge >= 0.3 is 0 Å². The van der Waals surface area contributed by atoms with E-state index in [1.54, 1.807) is 17.1 Å². The largest absolute Gasteiger partial charge is 0.349 e. The fraction of sp³-hybridized carbons (Fsp3) is 0.333. The van der Waals surface area contributed by atoms with Crippen molar-refractivity contribution in [3.05, 3.63) is 46.7 Å². The number of piperidine rings is 1. The summed E-state index contributed by atoms with van der Waals surface area (Å²) in [6, 6.07) is 8.06. The third-order valence-electron chi connectivity index (χ3n) is 3.61. The summed E-state index contributed by atoms with van der Waals surface area (Å²) >= 11 is 3.40. The van der Waals surface area contributed by atoms with Gasteiger partial charge in [-0.25, -0.2) is 4.68 Å². The molecule has 1 amide bonds. The van der Waals surface area contributed by atoms with Crippen LogP contribution in [-0.4, -0.2) is 34.8 Å². The second-order valence-electron chi connectivity index (χ2n) is 5.15. The Morgan fingerprint density at radius 3 is 2.71 bits per heavy atom. The molecular formula is C15H17BrN4O. The van der Waals surface area contributed by atoms with E-state index in [1.165, 1.54) is 0 Å². The minimum atomic E-state index is -0.0507. The van der Waals surface area contributed by atoms with Gasteiger partial charge in [0.1, 0.15) is 0 Å². The first-order chi connectivity index (χ1) is 10.2. The van der Waals surface area contributed by atoms with Crippen LogP contribution >= 0.6 is 15.9 Å². The fourth-order valence-corrected chi connectivity index (χ4v) is 2.67. The zero-order chi connectivity index (χ0) is 14.7. The van der Waals surface area contributed by atoms with E-state index < -0.39 is 0 Å². The number of rotatable bonds is 3. The highest BCUT2D eigenvalue weighted by molar-refractivity contribution is 9.10. The number of carbonyl (C=O) groups is 1. The second kappa shape index (κ2) is 6.41. The highest BCUT2D eigenvalue weighted by Crippen LogP contribution is 2.14. The van der Waals surface area contributed by atoms with E-state index >= 15 is 0 Å². The third-order valence-corrected chi connectivity index (χ3v) is 4.14. The number of hydrogen-bond acceptors (Lipinski definition) is 3. The van der Waals surface area contributed by atoms with E-state index in [4.69, 9.17) is 0 Å². The standard InChI is InChI=1S/C15H17BrN4O/c16-12-1-3-14(4-2-12)20-10-11(9-18-20)15(21)19-13-5-7-17-8-6-13/h1-4,9-10,13,17H,5-8H2,(H,19,21). The summed E-state index contributed by atoms with van der Waals surface area (Å²) in [5.41, 5.74) is 1.52. The number of carbonyl (C=O) groups excluding carboxylic acids is 1. The van der Waals surface area contributed by atoms with Crippen LogP contribution in [0.15, 0.2) is 41.1 Å². The quantitative estimate of drug-likeness (QED) is 0.893. The number of halogens is 1. The van der Waals surface area contributed by atoms with Crippen LogP contribution in [-0.2, 0) is 0 Å². The number of aromatic nitrogens is 2. The first-order valence-corrected chi connectivity index (χ1v) is 7.84. The van der Waals surface area contributed by atoms with Crippen molar-refractivity contribution >= 4 is 21.8 Å². The van der Waals surface area contributed by atoms with Crippen molar-refractivity contribution in [2.24, 2.45) is 0 Å². The van der Waals surface area contributed by atoms with E-state index in [2.05, 4.69) is 31.7 Å². The Bertz CT molecular complexity index is 617. The number of nitrogens with one attached hydrogen (secondary N) is 2. The molecule has 1 aromatic heterocycles. The molecule has 1 saturated heterocycles. The maximum atomic E-state index is 12.2. The average molecular weight is 349 g/mol. The van der Waals surface area contributed by atoms with Gasteiger partial charge in [-0.1, -0.05) is 15.9 Å². The normalized spacial score (nSPS) is 15.9. The number of nitrogens with zero attached hydrogens (tertiary/aromatic N) is 2. The van der Waals surface area contributed by atoms with Gasteiger partial charge in [0.05, 0.1) is 17.4 Å². The molecule has 0 unspecified atom stereocenters. The molecule has 0 radical (unpaired) electrons. The monoisotopic (exact) mass is 348 g/mol. The first-order valence-electron chi connectivity index (χ1n) is 7.04. The Balaban J connectivity index is 1.69. The molecule has 1 aliphatic rings. The highest BCUT2D eigenvalue weighted by atomic mass is 79.9. The van der Waals surface area contributed by atoms with Crippen LogP contribution in [0.5, 0.6) is 0 Å². The predicted molar refractivity (Wildman–Crippen MR) is 84.6 cm³/mol. The van der Waals surface area contributed by atoms with Gasteiger partial charge in [-0.15, -0.1) is 0 Å². The number of hydrogen-bond donors (Lipinski definition) is 2. The van der Waals surface area contributed by atoms with Gasteiger partial charge < -0.3 is 10.6 Å². The fourth-order valence-electron chi connectivity index (χ4n) is 2.41. The maximum Gasteiger partial charge on any atom is 0.254 e. The van der Waals surface area contributed by atoms with Crippen molar-refractivity contribution in [1.29, 1.82) is 0 Å². The lowest BCUT2D eigenvalue weighted by atomic mass is 10.1. The molecule has 0 spiro atoms. The Morgan fingerprint density at radius 2 is 2.00 bits per heavy atom. The molecule has 0 bridgehead atoms. The van der Waals surface area contributed by atoms with Crippen molar-refractivity contribution in [3.63, 3.8) is 0 Å². The van der Waals surface area contributed by atoms with Gasteiger partial charge in [0.15, 0.2) is 0 Å². The van der Waals surface area contributed by atoms with Crippen LogP contribution in [0.25, 0.3) is 5.69 Å². The molecule has 5 nitrogen and oxygen atoms in total. The minimum Gasteiger partial charge on any atom is -0.349 e. The predicted octanol–water partition coefficient (Wildman–Crippen LogP) is 2.12. The van der Waals surface area contributed by atoms with E-state index in [9.17, 15) is 4.79 Å². The topological polar surface area (TPSA) is 59.0 Å². The summed E-state index contributed by atoms with van der Waals surface area (Å²) < 4.78 is 2.73. The van der Waals surface area contributed by atoms with Crippen LogP contribution in [0.4, 0.5) is 0 Å². The van der Waals surface area contributed by atoms with Crippen LogP contribution in [0.2, 0.25) is 0 Å². The molecule has 0 aliphatic carbocycles. The Morgan fingerprint density at radius 1 is 1.29 bits per heavy atom. The molecule has 2 N–H and O–H groups in total. The van der Waals surface area contributed by atoms with Crippen LogP contribution in [0.1, 0.15) is 23.2 Å². The molecule has 110 valence electrons. The second-order valence-corrected chi connectivity index (χ2v) is 6.06. The molecule has 1 aromatic carbocycles. The summed E-state index contributed by atoms with van der Waals surface area (Å²) in [4.78, 5) is 12.2. The molecule has 3 rings (SSSR count). The summed E-state index contributed by atoms with van der Waals surface area (Å²) in [6.45, 7) is 1.92. The molecule has 2 aromatic rings. The Hall–Kier alpha value is -1.66. The lowest BCUT2D eigenvalue weighted by Crippen LogP contribution is -2.42. The molecule has 0 saturated carbocycles. The summed E-state index contributed by atoms with van der Waals surface area (Å²) in [7, 11) is 0. The van der Waals surface area contributed by atoms with E-state index in [0.717, 1.165) is 36.1 Å². The first kappa shape index (κ1) is 14.3.